The lowest BCUT2D eigenvalue weighted by Crippen LogP contribution is -2.46. The van der Waals surface area contributed by atoms with Gasteiger partial charge in [-0.3, -0.25) is 0 Å². The fraction of sp³-hybridized carbons (Fsp3) is 1.00. The Morgan fingerprint density at radius 3 is 2.69 bits per heavy atom. The highest BCUT2D eigenvalue weighted by molar-refractivity contribution is 4.82. The quantitative estimate of drug-likeness (QED) is 0.718. The maximum Gasteiger partial charge on any atom is 0.0510 e. The predicted octanol–water partition coefficient (Wildman–Crippen LogP) is 1.73. The van der Waals surface area contributed by atoms with Crippen molar-refractivity contribution in [3.63, 3.8) is 0 Å². The fourth-order valence-corrected chi connectivity index (χ4v) is 2.10. The number of ether oxygens (including phenoxy) is 1. The van der Waals surface area contributed by atoms with Gasteiger partial charge < -0.3 is 15.0 Å². The molecule has 0 radical (unpaired) electrons. The van der Waals surface area contributed by atoms with Crippen LogP contribution in [0.1, 0.15) is 33.6 Å². The minimum Gasteiger partial charge on any atom is -0.381 e. The molecule has 16 heavy (non-hydrogen) atoms. The Labute approximate surface area is 101 Å². The third-order valence-electron chi connectivity index (χ3n) is 3.56. The molecule has 0 aromatic carbocycles. The van der Waals surface area contributed by atoms with Gasteiger partial charge in [-0.1, -0.05) is 6.92 Å². The fourth-order valence-electron chi connectivity index (χ4n) is 2.10. The maximum atomic E-state index is 5.50. The van der Waals surface area contributed by atoms with Crippen molar-refractivity contribution in [2.75, 3.05) is 33.4 Å². The van der Waals surface area contributed by atoms with E-state index in [9.17, 15) is 0 Å². The number of rotatable bonds is 7. The molecule has 1 heterocycles. The van der Waals surface area contributed by atoms with E-state index in [0.717, 1.165) is 26.3 Å². The van der Waals surface area contributed by atoms with E-state index in [4.69, 9.17) is 4.74 Å². The minimum atomic E-state index is 0.592. The van der Waals surface area contributed by atoms with Crippen molar-refractivity contribution in [1.82, 2.24) is 10.2 Å². The average Bonchev–Trinajstić information content (AvgIpc) is 2.76. The molecule has 1 aliphatic heterocycles. The zero-order chi connectivity index (χ0) is 12.0. The summed E-state index contributed by atoms with van der Waals surface area (Å²) in [6, 6.07) is 1.21. The Morgan fingerprint density at radius 2 is 2.19 bits per heavy atom. The molecule has 0 aromatic rings. The molecule has 2 unspecified atom stereocenters. The Morgan fingerprint density at radius 1 is 1.44 bits per heavy atom. The first kappa shape index (κ1) is 13.9. The maximum absolute atomic E-state index is 5.50. The summed E-state index contributed by atoms with van der Waals surface area (Å²) in [5.74, 6) is 0.702. The van der Waals surface area contributed by atoms with Crippen molar-refractivity contribution in [2.45, 2.75) is 45.7 Å². The molecule has 0 bridgehead atoms. The first-order valence-corrected chi connectivity index (χ1v) is 6.66. The van der Waals surface area contributed by atoms with Crippen LogP contribution in [0.25, 0.3) is 0 Å². The second-order valence-electron chi connectivity index (χ2n) is 5.22. The summed E-state index contributed by atoms with van der Waals surface area (Å²) in [6.07, 6.45) is 2.42. The van der Waals surface area contributed by atoms with Gasteiger partial charge >= 0.3 is 0 Å². The molecule has 0 amide bonds. The molecule has 3 nitrogen and oxygen atoms in total. The van der Waals surface area contributed by atoms with Gasteiger partial charge in [-0.15, -0.1) is 0 Å². The smallest absolute Gasteiger partial charge is 0.0510 e. The highest BCUT2D eigenvalue weighted by Crippen LogP contribution is 2.18. The molecule has 1 saturated heterocycles. The SMILES string of the molecule is CCCNC(CN(C)C(C)C)C1CCOC1. The topological polar surface area (TPSA) is 24.5 Å². The molecule has 1 N–H and O–H groups in total. The van der Waals surface area contributed by atoms with E-state index < -0.39 is 0 Å². The van der Waals surface area contributed by atoms with Crippen LogP contribution in [0.2, 0.25) is 0 Å². The van der Waals surface area contributed by atoms with Crippen LogP contribution in [0.4, 0.5) is 0 Å². The molecule has 0 saturated carbocycles. The van der Waals surface area contributed by atoms with E-state index in [2.05, 4.69) is 38.0 Å². The third-order valence-corrected chi connectivity index (χ3v) is 3.56. The first-order valence-electron chi connectivity index (χ1n) is 6.66. The lowest BCUT2D eigenvalue weighted by atomic mass is 9.98. The van der Waals surface area contributed by atoms with Crippen molar-refractivity contribution in [3.05, 3.63) is 0 Å². The number of hydrogen-bond donors (Lipinski definition) is 1. The largest absolute Gasteiger partial charge is 0.381 e. The molecule has 1 aliphatic rings. The molecule has 1 fully saturated rings. The highest BCUT2D eigenvalue weighted by Gasteiger charge is 2.26. The van der Waals surface area contributed by atoms with E-state index in [-0.39, 0.29) is 0 Å². The van der Waals surface area contributed by atoms with E-state index in [1.165, 1.54) is 12.8 Å². The van der Waals surface area contributed by atoms with Gasteiger partial charge in [0.25, 0.3) is 0 Å². The zero-order valence-corrected chi connectivity index (χ0v) is 11.3. The number of nitrogens with zero attached hydrogens (tertiary/aromatic N) is 1. The van der Waals surface area contributed by atoms with E-state index in [0.29, 0.717) is 18.0 Å². The second-order valence-corrected chi connectivity index (χ2v) is 5.22. The summed E-state index contributed by atoms with van der Waals surface area (Å²) in [5.41, 5.74) is 0. The van der Waals surface area contributed by atoms with Gasteiger partial charge in [0.15, 0.2) is 0 Å². The molecule has 0 spiro atoms. The highest BCUT2D eigenvalue weighted by atomic mass is 16.5. The Hall–Kier alpha value is -0.120. The Balaban J connectivity index is 2.42. The van der Waals surface area contributed by atoms with Crippen LogP contribution in [0.5, 0.6) is 0 Å². The lowest BCUT2D eigenvalue weighted by molar-refractivity contribution is 0.160. The minimum absolute atomic E-state index is 0.592. The monoisotopic (exact) mass is 228 g/mol. The summed E-state index contributed by atoms with van der Waals surface area (Å²) < 4.78 is 5.50. The van der Waals surface area contributed by atoms with Crippen molar-refractivity contribution in [2.24, 2.45) is 5.92 Å². The summed E-state index contributed by atoms with van der Waals surface area (Å²) >= 11 is 0. The van der Waals surface area contributed by atoms with Gasteiger partial charge in [0.05, 0.1) is 6.61 Å². The first-order chi connectivity index (χ1) is 7.65. The molecule has 0 aromatic heterocycles. The van der Waals surface area contributed by atoms with E-state index >= 15 is 0 Å². The van der Waals surface area contributed by atoms with Crippen LogP contribution in [0, 0.1) is 5.92 Å². The van der Waals surface area contributed by atoms with Crippen LogP contribution < -0.4 is 5.32 Å². The van der Waals surface area contributed by atoms with Gasteiger partial charge in [0.1, 0.15) is 0 Å². The van der Waals surface area contributed by atoms with Crippen molar-refractivity contribution < 1.29 is 4.74 Å². The second kappa shape index (κ2) is 7.25. The molecule has 2 atom stereocenters. The van der Waals surface area contributed by atoms with Crippen molar-refractivity contribution in [3.8, 4) is 0 Å². The zero-order valence-electron chi connectivity index (χ0n) is 11.3. The Bertz CT molecular complexity index is 179. The van der Waals surface area contributed by atoms with E-state index in [1.54, 1.807) is 0 Å². The average molecular weight is 228 g/mol. The van der Waals surface area contributed by atoms with Crippen LogP contribution in [-0.2, 0) is 4.74 Å². The standard InChI is InChI=1S/C13H28N2O/c1-5-7-14-13(9-15(4)11(2)3)12-6-8-16-10-12/h11-14H,5-10H2,1-4H3. The van der Waals surface area contributed by atoms with Gasteiger partial charge in [0.2, 0.25) is 0 Å². The normalized spacial score (nSPS) is 23.2. The van der Waals surface area contributed by atoms with Crippen molar-refractivity contribution in [1.29, 1.82) is 0 Å². The van der Waals surface area contributed by atoms with Crippen LogP contribution in [0.3, 0.4) is 0 Å². The number of nitrogens with one attached hydrogen (secondary N) is 1. The summed E-state index contributed by atoms with van der Waals surface area (Å²) in [6.45, 7) is 10.9. The summed E-state index contributed by atoms with van der Waals surface area (Å²) in [4.78, 5) is 2.42. The van der Waals surface area contributed by atoms with Gasteiger partial charge in [-0.05, 0) is 40.3 Å². The summed E-state index contributed by atoms with van der Waals surface area (Å²) in [7, 11) is 2.21. The van der Waals surface area contributed by atoms with Crippen molar-refractivity contribution >= 4 is 0 Å². The van der Waals surface area contributed by atoms with E-state index in [1.807, 2.05) is 0 Å². The van der Waals surface area contributed by atoms with Gasteiger partial charge in [0, 0.05) is 31.2 Å². The van der Waals surface area contributed by atoms with Gasteiger partial charge in [-0.2, -0.15) is 0 Å². The molecular formula is C13H28N2O. The Kier molecular flexibility index (Phi) is 6.32. The molecule has 0 aliphatic carbocycles. The third kappa shape index (κ3) is 4.40. The van der Waals surface area contributed by atoms with Gasteiger partial charge in [-0.25, -0.2) is 0 Å². The molecule has 1 rings (SSSR count). The van der Waals surface area contributed by atoms with Crippen LogP contribution in [0.15, 0.2) is 0 Å². The van der Waals surface area contributed by atoms with Crippen LogP contribution in [-0.4, -0.2) is 50.3 Å². The number of hydrogen-bond acceptors (Lipinski definition) is 3. The number of likely N-dealkylation sites (N-methyl/N-ethyl adjacent to an activating group) is 1. The lowest BCUT2D eigenvalue weighted by Gasteiger charge is -2.30. The molecule has 96 valence electrons. The summed E-state index contributed by atoms with van der Waals surface area (Å²) in [5, 5.41) is 3.68. The predicted molar refractivity (Wildman–Crippen MR) is 68.8 cm³/mol. The van der Waals surface area contributed by atoms with Crippen LogP contribution >= 0.6 is 0 Å². The molecule has 3 heteroatoms. The molecular weight excluding hydrogens is 200 g/mol.